The first kappa shape index (κ1) is 12.2. The molecule has 1 fully saturated rings. The van der Waals surface area contributed by atoms with Crippen molar-refractivity contribution in [3.8, 4) is 0 Å². The third kappa shape index (κ3) is 3.88. The van der Waals surface area contributed by atoms with Gasteiger partial charge in [-0.05, 0) is 30.9 Å². The summed E-state index contributed by atoms with van der Waals surface area (Å²) in [6.07, 6.45) is 9.54. The zero-order valence-corrected chi connectivity index (χ0v) is 10.5. The van der Waals surface area contributed by atoms with Crippen molar-refractivity contribution >= 4 is 6.21 Å². The SMILES string of the molecule is Cc1ccccc1CO/N=[C]\C1CCCCC1. The molecule has 17 heavy (non-hydrogen) atoms. The van der Waals surface area contributed by atoms with Gasteiger partial charge in [0.2, 0.25) is 0 Å². The second-order valence-electron chi connectivity index (χ2n) is 4.76. The molecule has 0 unspecified atom stereocenters. The Kier molecular flexibility index (Phi) is 4.60. The third-order valence-corrected chi connectivity index (χ3v) is 3.39. The summed E-state index contributed by atoms with van der Waals surface area (Å²) in [5.74, 6) is 0.514. The van der Waals surface area contributed by atoms with Gasteiger partial charge in [-0.2, -0.15) is 0 Å². The molecule has 1 aliphatic carbocycles. The molecule has 1 aromatic carbocycles. The summed E-state index contributed by atoms with van der Waals surface area (Å²) in [7, 11) is 0. The zero-order valence-electron chi connectivity index (χ0n) is 10.5. The molecule has 0 heterocycles. The molecule has 1 radical (unpaired) electrons. The average molecular weight is 230 g/mol. The van der Waals surface area contributed by atoms with Crippen LogP contribution in [0, 0.1) is 12.8 Å². The van der Waals surface area contributed by atoms with Crippen LogP contribution in [0.4, 0.5) is 0 Å². The highest BCUT2D eigenvalue weighted by Crippen LogP contribution is 2.21. The van der Waals surface area contributed by atoms with E-state index < -0.39 is 0 Å². The molecule has 2 heteroatoms. The number of aryl methyl sites for hydroxylation is 1. The van der Waals surface area contributed by atoms with Crippen molar-refractivity contribution in [2.45, 2.75) is 45.6 Å². The molecule has 1 aromatic rings. The molecular weight excluding hydrogens is 210 g/mol. The van der Waals surface area contributed by atoms with Crippen LogP contribution in [0.5, 0.6) is 0 Å². The van der Waals surface area contributed by atoms with Crippen LogP contribution in [-0.2, 0) is 11.4 Å². The van der Waals surface area contributed by atoms with Crippen LogP contribution in [-0.4, -0.2) is 6.21 Å². The first-order chi connectivity index (χ1) is 8.36. The fourth-order valence-corrected chi connectivity index (χ4v) is 2.22. The first-order valence-electron chi connectivity index (χ1n) is 6.48. The highest BCUT2D eigenvalue weighted by atomic mass is 16.6. The molecule has 2 rings (SSSR count). The Labute approximate surface area is 104 Å². The molecule has 2 nitrogen and oxygen atoms in total. The van der Waals surface area contributed by atoms with Gasteiger partial charge < -0.3 is 4.84 Å². The molecular formula is C15H20NO. The summed E-state index contributed by atoms with van der Waals surface area (Å²) in [6, 6.07) is 8.23. The lowest BCUT2D eigenvalue weighted by atomic mass is 9.90. The standard InChI is InChI=1S/C15H20NO/c1-13-7-5-6-10-15(13)12-17-16-11-14-8-3-2-4-9-14/h5-7,10,14H,2-4,8-9,12H2,1H3. The highest BCUT2D eigenvalue weighted by Gasteiger charge is 2.11. The van der Waals surface area contributed by atoms with Gasteiger partial charge in [-0.3, -0.25) is 0 Å². The maximum Gasteiger partial charge on any atom is 0.142 e. The van der Waals surface area contributed by atoms with E-state index in [2.05, 4.69) is 30.4 Å². The summed E-state index contributed by atoms with van der Waals surface area (Å²) < 4.78 is 0. The Balaban J connectivity index is 1.75. The van der Waals surface area contributed by atoms with Gasteiger partial charge in [-0.15, -0.1) is 0 Å². The van der Waals surface area contributed by atoms with E-state index in [1.54, 1.807) is 0 Å². The van der Waals surface area contributed by atoms with Crippen molar-refractivity contribution in [2.75, 3.05) is 0 Å². The minimum absolute atomic E-state index is 0.514. The second kappa shape index (κ2) is 6.43. The summed E-state index contributed by atoms with van der Waals surface area (Å²) in [4.78, 5) is 5.32. The predicted molar refractivity (Wildman–Crippen MR) is 70.0 cm³/mol. The van der Waals surface area contributed by atoms with Gasteiger partial charge in [0.15, 0.2) is 0 Å². The fourth-order valence-electron chi connectivity index (χ4n) is 2.22. The maximum absolute atomic E-state index is 5.32. The summed E-state index contributed by atoms with van der Waals surface area (Å²) in [5, 5.41) is 3.98. The van der Waals surface area contributed by atoms with Gasteiger partial charge in [0.05, 0.1) is 0 Å². The molecule has 0 atom stereocenters. The molecule has 1 aliphatic rings. The van der Waals surface area contributed by atoms with E-state index in [-0.39, 0.29) is 0 Å². The van der Waals surface area contributed by atoms with Crippen LogP contribution >= 0.6 is 0 Å². The summed E-state index contributed by atoms with van der Waals surface area (Å²) in [6.45, 7) is 2.64. The molecule has 1 saturated carbocycles. The molecule has 0 spiro atoms. The van der Waals surface area contributed by atoms with Crippen molar-refractivity contribution in [1.29, 1.82) is 0 Å². The summed E-state index contributed by atoms with van der Waals surface area (Å²) in [5.41, 5.74) is 2.45. The van der Waals surface area contributed by atoms with Gasteiger partial charge in [-0.1, -0.05) is 48.7 Å². The van der Waals surface area contributed by atoms with Crippen LogP contribution in [0.1, 0.15) is 43.2 Å². The largest absolute Gasteiger partial charge is 0.391 e. The van der Waals surface area contributed by atoms with E-state index >= 15 is 0 Å². The second-order valence-corrected chi connectivity index (χ2v) is 4.76. The maximum atomic E-state index is 5.32. The Morgan fingerprint density at radius 3 is 2.76 bits per heavy atom. The quantitative estimate of drug-likeness (QED) is 0.567. The van der Waals surface area contributed by atoms with E-state index in [0.717, 1.165) is 0 Å². The molecule has 0 amide bonds. The van der Waals surface area contributed by atoms with E-state index in [1.807, 2.05) is 12.1 Å². The Morgan fingerprint density at radius 2 is 2.00 bits per heavy atom. The lowest BCUT2D eigenvalue weighted by molar-refractivity contribution is 0.129. The van der Waals surface area contributed by atoms with Crippen LogP contribution in [0.3, 0.4) is 0 Å². The normalized spacial score (nSPS) is 17.5. The highest BCUT2D eigenvalue weighted by molar-refractivity contribution is 5.59. The Morgan fingerprint density at radius 1 is 1.24 bits per heavy atom. The third-order valence-electron chi connectivity index (χ3n) is 3.39. The van der Waals surface area contributed by atoms with E-state index in [0.29, 0.717) is 12.5 Å². The van der Waals surface area contributed by atoms with Crippen LogP contribution < -0.4 is 0 Å². The smallest absolute Gasteiger partial charge is 0.142 e. The first-order valence-corrected chi connectivity index (χ1v) is 6.48. The van der Waals surface area contributed by atoms with Gasteiger partial charge in [0, 0.05) is 5.92 Å². The van der Waals surface area contributed by atoms with Crippen molar-refractivity contribution in [2.24, 2.45) is 11.1 Å². The van der Waals surface area contributed by atoms with E-state index in [1.165, 1.54) is 43.2 Å². The summed E-state index contributed by atoms with van der Waals surface area (Å²) >= 11 is 0. The van der Waals surface area contributed by atoms with Crippen LogP contribution in [0.25, 0.3) is 0 Å². The lowest BCUT2D eigenvalue weighted by Gasteiger charge is -2.15. The molecule has 0 saturated heterocycles. The molecule has 0 aromatic heterocycles. The zero-order chi connectivity index (χ0) is 11.9. The minimum Gasteiger partial charge on any atom is -0.391 e. The molecule has 0 bridgehead atoms. The average Bonchev–Trinajstić information content (AvgIpc) is 2.38. The van der Waals surface area contributed by atoms with Gasteiger partial charge in [0.25, 0.3) is 0 Å². The molecule has 0 N–H and O–H groups in total. The van der Waals surface area contributed by atoms with Gasteiger partial charge in [-0.25, -0.2) is 0 Å². The Bertz CT molecular complexity index is 367. The van der Waals surface area contributed by atoms with Crippen molar-refractivity contribution in [3.05, 3.63) is 35.4 Å². The number of rotatable bonds is 4. The topological polar surface area (TPSA) is 21.6 Å². The van der Waals surface area contributed by atoms with Crippen molar-refractivity contribution in [1.82, 2.24) is 0 Å². The number of hydrogen-bond donors (Lipinski definition) is 0. The van der Waals surface area contributed by atoms with Crippen LogP contribution in [0.15, 0.2) is 29.4 Å². The number of hydrogen-bond acceptors (Lipinski definition) is 2. The Hall–Kier alpha value is -1.31. The monoisotopic (exact) mass is 230 g/mol. The van der Waals surface area contributed by atoms with Crippen molar-refractivity contribution < 1.29 is 4.84 Å². The van der Waals surface area contributed by atoms with E-state index in [9.17, 15) is 0 Å². The van der Waals surface area contributed by atoms with Crippen molar-refractivity contribution in [3.63, 3.8) is 0 Å². The molecule has 0 aliphatic heterocycles. The minimum atomic E-state index is 0.514. The lowest BCUT2D eigenvalue weighted by Crippen LogP contribution is -2.07. The van der Waals surface area contributed by atoms with Gasteiger partial charge >= 0.3 is 0 Å². The number of benzene rings is 1. The molecule has 91 valence electrons. The predicted octanol–water partition coefficient (Wildman–Crippen LogP) is 3.95. The van der Waals surface area contributed by atoms with Gasteiger partial charge in [0.1, 0.15) is 12.8 Å². The fraction of sp³-hybridized carbons (Fsp3) is 0.533. The van der Waals surface area contributed by atoms with Crippen LogP contribution in [0.2, 0.25) is 0 Å². The van der Waals surface area contributed by atoms with E-state index in [4.69, 9.17) is 4.84 Å². The number of nitrogens with zero attached hydrogens (tertiary/aromatic N) is 1.